The highest BCUT2D eigenvalue weighted by Crippen LogP contribution is 2.28. The van der Waals surface area contributed by atoms with Gasteiger partial charge in [-0.25, -0.2) is 0 Å². The zero-order valence-electron chi connectivity index (χ0n) is 21.1. The average molecular weight is 488 g/mol. The first-order chi connectivity index (χ1) is 16.5. The molecular weight excluding hydrogens is 450 g/mol. The van der Waals surface area contributed by atoms with Crippen molar-refractivity contribution in [3.63, 3.8) is 0 Å². The Morgan fingerprint density at radius 2 is 1.74 bits per heavy atom. The third-order valence-electron chi connectivity index (χ3n) is 6.10. The van der Waals surface area contributed by atoms with E-state index >= 15 is 0 Å². The number of allylic oxidation sites excluding steroid dienone is 6. The van der Waals surface area contributed by atoms with E-state index in [0.29, 0.717) is 5.57 Å². The van der Waals surface area contributed by atoms with Crippen LogP contribution in [0.15, 0.2) is 47.6 Å². The van der Waals surface area contributed by atoms with E-state index in [0.717, 1.165) is 28.0 Å². The first-order valence-corrected chi connectivity index (χ1v) is 11.5. The molecule has 1 fully saturated rings. The minimum atomic E-state index is -1.55. The van der Waals surface area contributed by atoms with Crippen molar-refractivity contribution in [3.8, 4) is 5.75 Å². The van der Waals surface area contributed by atoms with Gasteiger partial charge >= 0.3 is 0 Å². The summed E-state index contributed by atoms with van der Waals surface area (Å²) in [5, 5.41) is 41.4. The number of aryl methyl sites for hydroxylation is 1. The molecule has 5 N–H and O–H groups in total. The van der Waals surface area contributed by atoms with Gasteiger partial charge in [0.15, 0.2) is 6.23 Å². The number of benzene rings is 1. The predicted octanol–water partition coefficient (Wildman–Crippen LogP) is 2.00. The Morgan fingerprint density at radius 3 is 2.37 bits per heavy atom. The molecule has 35 heavy (non-hydrogen) atoms. The predicted molar refractivity (Wildman–Crippen MR) is 135 cm³/mol. The lowest BCUT2D eigenvalue weighted by Gasteiger charge is -2.39. The Bertz CT molecular complexity index is 1020. The second-order valence-corrected chi connectivity index (χ2v) is 8.81. The summed E-state index contributed by atoms with van der Waals surface area (Å²) >= 11 is 0. The van der Waals surface area contributed by atoms with Crippen molar-refractivity contribution >= 4 is 12.0 Å². The number of rotatable bonds is 8. The molecule has 1 aromatic carbocycles. The molecule has 8 heteroatoms. The van der Waals surface area contributed by atoms with Crippen molar-refractivity contribution in [1.82, 2.24) is 5.32 Å². The van der Waals surface area contributed by atoms with Crippen molar-refractivity contribution in [2.45, 2.75) is 65.3 Å². The first kappa shape index (κ1) is 28.5. The van der Waals surface area contributed by atoms with E-state index in [-0.39, 0.29) is 0 Å². The average Bonchev–Trinajstić information content (AvgIpc) is 2.81. The van der Waals surface area contributed by atoms with Crippen LogP contribution in [-0.4, -0.2) is 70.7 Å². The van der Waals surface area contributed by atoms with E-state index in [1.807, 2.05) is 38.1 Å². The topological polar surface area (TPSA) is 128 Å². The SMILES string of the molecule is COc1cc(C)c(/C=C/C(C)=C/C=C/C(C)=C/C(=O)N[C@@H]2O[C@H](CO)[C@@H](O)[C@H](O)[C@H]2O)c(C)c1C. The van der Waals surface area contributed by atoms with E-state index in [9.17, 15) is 25.2 Å². The van der Waals surface area contributed by atoms with Crippen LogP contribution in [0.1, 0.15) is 36.1 Å². The summed E-state index contributed by atoms with van der Waals surface area (Å²) in [6.45, 7) is 9.33. The number of aliphatic hydroxyl groups excluding tert-OH is 4. The Labute approximate surface area is 206 Å². The largest absolute Gasteiger partial charge is 0.496 e. The number of methoxy groups -OCH3 is 1. The lowest BCUT2D eigenvalue weighted by atomic mass is 9.96. The Morgan fingerprint density at radius 1 is 1.06 bits per heavy atom. The quantitative estimate of drug-likeness (QED) is 0.280. The number of carbonyl (C=O) groups is 1. The highest BCUT2D eigenvalue weighted by Gasteiger charge is 2.43. The Balaban J connectivity index is 2.01. The van der Waals surface area contributed by atoms with Crippen LogP contribution in [-0.2, 0) is 9.53 Å². The third-order valence-corrected chi connectivity index (χ3v) is 6.10. The zero-order valence-corrected chi connectivity index (χ0v) is 21.1. The lowest BCUT2D eigenvalue weighted by molar-refractivity contribution is -0.235. The smallest absolute Gasteiger partial charge is 0.246 e. The molecule has 2 rings (SSSR count). The molecule has 1 amide bonds. The molecule has 8 nitrogen and oxygen atoms in total. The summed E-state index contributed by atoms with van der Waals surface area (Å²) in [6, 6.07) is 2.03. The van der Waals surface area contributed by atoms with Gasteiger partial charge in [-0.2, -0.15) is 0 Å². The van der Waals surface area contributed by atoms with Gasteiger partial charge in [-0.3, -0.25) is 4.79 Å². The van der Waals surface area contributed by atoms with E-state index in [1.165, 1.54) is 11.6 Å². The molecular formula is C27H37NO7. The van der Waals surface area contributed by atoms with E-state index in [1.54, 1.807) is 20.1 Å². The highest BCUT2D eigenvalue weighted by molar-refractivity contribution is 5.88. The van der Waals surface area contributed by atoms with Gasteiger partial charge in [0.2, 0.25) is 5.91 Å². The first-order valence-electron chi connectivity index (χ1n) is 11.5. The van der Waals surface area contributed by atoms with Crippen LogP contribution in [0.5, 0.6) is 5.75 Å². The van der Waals surface area contributed by atoms with Gasteiger partial charge < -0.3 is 35.2 Å². The number of hydrogen-bond donors (Lipinski definition) is 5. The fraction of sp³-hybridized carbons (Fsp3) is 0.444. The van der Waals surface area contributed by atoms with Gasteiger partial charge in [0.05, 0.1) is 13.7 Å². The second-order valence-electron chi connectivity index (χ2n) is 8.81. The number of aliphatic hydroxyl groups is 4. The lowest BCUT2D eigenvalue weighted by Crippen LogP contribution is -2.63. The molecule has 0 spiro atoms. The fourth-order valence-electron chi connectivity index (χ4n) is 3.81. The van der Waals surface area contributed by atoms with Crippen LogP contribution in [0, 0.1) is 20.8 Å². The van der Waals surface area contributed by atoms with Crippen molar-refractivity contribution in [1.29, 1.82) is 0 Å². The molecule has 0 unspecified atom stereocenters. The summed E-state index contributed by atoms with van der Waals surface area (Å²) in [6.07, 6.45) is 4.04. The van der Waals surface area contributed by atoms with Gasteiger partial charge in [-0.15, -0.1) is 0 Å². The molecule has 5 atom stereocenters. The van der Waals surface area contributed by atoms with Gasteiger partial charge in [0.25, 0.3) is 0 Å². The second kappa shape index (κ2) is 12.8. The van der Waals surface area contributed by atoms with Gasteiger partial charge in [0.1, 0.15) is 30.2 Å². The number of nitrogens with one attached hydrogen (secondary N) is 1. The molecule has 0 radical (unpaired) electrons. The van der Waals surface area contributed by atoms with E-state index < -0.39 is 43.2 Å². The van der Waals surface area contributed by atoms with Crippen molar-refractivity contribution < 1.29 is 34.7 Å². The minimum Gasteiger partial charge on any atom is -0.496 e. The van der Waals surface area contributed by atoms with Gasteiger partial charge in [0, 0.05) is 6.08 Å². The number of carbonyl (C=O) groups excluding carboxylic acids is 1. The summed E-state index contributed by atoms with van der Waals surface area (Å²) in [5.41, 5.74) is 6.24. The molecule has 0 saturated carbocycles. The Hall–Kier alpha value is -2.75. The molecule has 1 aromatic rings. The van der Waals surface area contributed by atoms with E-state index in [4.69, 9.17) is 9.47 Å². The monoisotopic (exact) mass is 487 g/mol. The Kier molecular flexibility index (Phi) is 10.4. The third kappa shape index (κ3) is 7.37. The molecule has 0 bridgehead atoms. The maximum absolute atomic E-state index is 12.3. The molecule has 192 valence electrons. The molecule has 1 saturated heterocycles. The number of amides is 1. The van der Waals surface area contributed by atoms with Crippen LogP contribution in [0.2, 0.25) is 0 Å². The maximum Gasteiger partial charge on any atom is 0.246 e. The van der Waals surface area contributed by atoms with Crippen LogP contribution in [0.3, 0.4) is 0 Å². The molecule has 1 heterocycles. The fourth-order valence-corrected chi connectivity index (χ4v) is 3.81. The normalized spacial score (nSPS) is 25.9. The summed E-state index contributed by atoms with van der Waals surface area (Å²) in [5.74, 6) is 0.336. The minimum absolute atomic E-state index is 0.544. The van der Waals surface area contributed by atoms with Gasteiger partial charge in [-0.1, -0.05) is 36.0 Å². The van der Waals surface area contributed by atoms with Crippen molar-refractivity contribution in [2.75, 3.05) is 13.7 Å². The highest BCUT2D eigenvalue weighted by atomic mass is 16.6. The maximum atomic E-state index is 12.3. The molecule has 0 aliphatic carbocycles. The standard InChI is InChI=1S/C27H37NO7/c1-15(10-11-20-17(3)13-21(34-6)19(5)18(20)4)8-7-9-16(2)12-23(30)28-27-26(33)25(32)24(31)22(14-29)35-27/h7-13,22,24-27,29,31-33H,14H2,1-6H3,(H,28,30)/b9-7+,11-10+,15-8+,16-12+/t22-,24-,25+,26-,27-/m1/s1. The van der Waals surface area contributed by atoms with E-state index in [2.05, 4.69) is 25.2 Å². The van der Waals surface area contributed by atoms with Crippen LogP contribution >= 0.6 is 0 Å². The van der Waals surface area contributed by atoms with Crippen molar-refractivity contribution in [2.24, 2.45) is 0 Å². The molecule has 1 aliphatic rings. The molecule has 1 aliphatic heterocycles. The summed E-state index contributed by atoms with van der Waals surface area (Å²) < 4.78 is 10.7. The van der Waals surface area contributed by atoms with Crippen LogP contribution in [0.4, 0.5) is 0 Å². The van der Waals surface area contributed by atoms with Crippen molar-refractivity contribution in [3.05, 3.63) is 69.8 Å². The van der Waals surface area contributed by atoms with Crippen LogP contribution in [0.25, 0.3) is 6.08 Å². The van der Waals surface area contributed by atoms with Gasteiger partial charge in [-0.05, 0) is 68.5 Å². The number of hydrogen-bond acceptors (Lipinski definition) is 7. The summed E-state index contributed by atoms with van der Waals surface area (Å²) in [7, 11) is 1.67. The number of ether oxygens (including phenoxy) is 2. The molecule has 0 aromatic heterocycles. The van der Waals surface area contributed by atoms with Crippen LogP contribution < -0.4 is 10.1 Å². The summed E-state index contributed by atoms with van der Waals surface area (Å²) in [4.78, 5) is 12.3. The zero-order chi connectivity index (χ0) is 26.3.